The third kappa shape index (κ3) is 16.2. The first kappa shape index (κ1) is 66.9. The predicted molar refractivity (Wildman–Crippen MR) is 226 cm³/mol. The van der Waals surface area contributed by atoms with Crippen LogP contribution in [0.25, 0.3) is 0 Å². The van der Waals surface area contributed by atoms with Crippen molar-refractivity contribution in [3.63, 3.8) is 0 Å². The van der Waals surface area contributed by atoms with Gasteiger partial charge in [-0.15, -0.1) is 0 Å². The second-order valence-electron chi connectivity index (χ2n) is 16.6. The van der Waals surface area contributed by atoms with E-state index in [1.807, 2.05) is 6.92 Å². The molecule has 0 spiro atoms. The van der Waals surface area contributed by atoms with Gasteiger partial charge < -0.3 is 5.11 Å². The van der Waals surface area contributed by atoms with E-state index in [2.05, 4.69) is 34.6 Å². The average molecular weight is 1210 g/mol. The quantitative estimate of drug-likeness (QED) is 0.0904. The molecule has 1 fully saturated rings. The SMILES string of the molecule is C/C=C/C=C/C(=O)O.C[C]1[C](C)[C](C)[C](C)[C]1C.FC(F)(F)c1cc([B-](c2cc(C(F)(F)F)cc(C(F)(F)F)c2)(c2cc(C(F)(F)F)cc(C(F)(F)F)c2)c2cc(C(F)(F)F)cc(C(F)(F)F)c2)cc(C(F)(F)F)c1.[Ru+2]. The van der Waals surface area contributed by atoms with Crippen molar-refractivity contribution in [2.75, 3.05) is 0 Å². The summed E-state index contributed by atoms with van der Waals surface area (Å²) in [6.07, 6.45) is -48.8. The normalized spacial score (nSPS) is 15.7. The van der Waals surface area contributed by atoms with Crippen LogP contribution in [0.15, 0.2) is 97.1 Å². The molecule has 0 bridgehead atoms. The molecule has 28 heteroatoms. The Kier molecular flexibility index (Phi) is 20.6. The first-order valence-corrected chi connectivity index (χ1v) is 20.7. The van der Waals surface area contributed by atoms with Gasteiger partial charge in [0.15, 0.2) is 0 Å². The first-order valence-electron chi connectivity index (χ1n) is 20.7. The Labute approximate surface area is 429 Å². The minimum absolute atomic E-state index is 0. The zero-order chi connectivity index (χ0) is 58.2. The smallest absolute Gasteiger partial charge is 0.478 e. The van der Waals surface area contributed by atoms with E-state index in [4.69, 9.17) is 5.11 Å². The van der Waals surface area contributed by atoms with Crippen molar-refractivity contribution >= 4 is 34.0 Å². The Morgan fingerprint density at radius 2 is 0.500 bits per heavy atom. The van der Waals surface area contributed by atoms with E-state index in [1.165, 1.54) is 35.7 Å². The summed E-state index contributed by atoms with van der Waals surface area (Å²) in [6.45, 7) is 12.8. The fourth-order valence-electron chi connectivity index (χ4n) is 7.73. The van der Waals surface area contributed by atoms with E-state index >= 15 is 0 Å². The predicted octanol–water partition coefficient (Wildman–Crippen LogP) is 15.4. The van der Waals surface area contributed by atoms with E-state index in [1.54, 1.807) is 12.2 Å². The Morgan fingerprint density at radius 1 is 0.342 bits per heavy atom. The molecule has 4 aromatic carbocycles. The summed E-state index contributed by atoms with van der Waals surface area (Å²) in [5.74, 6) is 6.42. The third-order valence-corrected chi connectivity index (χ3v) is 11.8. The maximum atomic E-state index is 14.2. The summed E-state index contributed by atoms with van der Waals surface area (Å²) in [6, 6.07) is -8.81. The molecule has 1 aliphatic rings. The fourth-order valence-corrected chi connectivity index (χ4v) is 7.73. The molecular formula is C48H35BF24O2Ru+. The van der Waals surface area contributed by atoms with E-state index < -0.39 is 201 Å². The monoisotopic (exact) mass is 1210 g/mol. The first-order chi connectivity index (χ1) is 33.6. The molecule has 0 aromatic heterocycles. The standard InChI is InChI=1S/C32H12BF24.C10H15.C6H8O2.Ru/c34-25(35,36)13-1-14(26(37,38)39)6-21(5-13)33(22-7-15(27(40,41)42)2-16(8-22)28(43,44)45,23-9-17(29(46,47)48)3-18(10-23)30(49,50)51)24-11-19(31(52,53)54)4-20(12-24)32(55,56)57;1-6-7(2)9(4)10(5)8(6)3;1-2-3-4-5-6(7)8;/h1-12H;1-5H3;2-5H,1H3,(H,7,8);/q-1;;;+2/b;;3-2+,5-4+;. The van der Waals surface area contributed by atoms with E-state index in [9.17, 15) is 110 Å². The molecule has 76 heavy (non-hydrogen) atoms. The molecule has 0 heterocycles. The van der Waals surface area contributed by atoms with Gasteiger partial charge in [0, 0.05) is 6.08 Å². The molecule has 0 saturated heterocycles. The van der Waals surface area contributed by atoms with Crippen LogP contribution in [0.5, 0.6) is 0 Å². The Bertz CT molecular complexity index is 2220. The number of alkyl halides is 24. The molecule has 2 nitrogen and oxygen atoms in total. The second kappa shape index (κ2) is 23.4. The molecule has 0 atom stereocenters. The molecule has 0 unspecified atom stereocenters. The van der Waals surface area contributed by atoms with Gasteiger partial charge in [-0.3, -0.25) is 0 Å². The van der Waals surface area contributed by atoms with Gasteiger partial charge in [-0.1, -0.05) is 101 Å². The second-order valence-corrected chi connectivity index (χ2v) is 16.6. The molecule has 1 saturated carbocycles. The van der Waals surface area contributed by atoms with Crippen molar-refractivity contribution in [2.45, 2.75) is 91.0 Å². The maximum Gasteiger partial charge on any atom is 2.00 e. The summed E-state index contributed by atoms with van der Waals surface area (Å²) < 4.78 is 341. The van der Waals surface area contributed by atoms with Gasteiger partial charge in [-0.25, -0.2) is 4.79 Å². The number of aliphatic carboxylic acids is 1. The fraction of sp³-hybridized carbons (Fsp3) is 0.292. The van der Waals surface area contributed by atoms with Crippen molar-refractivity contribution < 1.29 is 135 Å². The van der Waals surface area contributed by atoms with E-state index in [0.717, 1.165) is 6.08 Å². The number of hydrogen-bond acceptors (Lipinski definition) is 1. The molecular weight excluding hydrogens is 1180 g/mol. The van der Waals surface area contributed by atoms with Crippen LogP contribution >= 0.6 is 0 Å². The minimum atomic E-state index is -6.13. The number of carboxylic acid groups (broad SMARTS) is 1. The third-order valence-electron chi connectivity index (χ3n) is 11.8. The van der Waals surface area contributed by atoms with Crippen LogP contribution in [0.1, 0.15) is 86.1 Å². The van der Waals surface area contributed by atoms with Crippen LogP contribution < -0.4 is 21.9 Å². The number of rotatable bonds is 6. The van der Waals surface area contributed by atoms with Gasteiger partial charge in [0.1, 0.15) is 6.15 Å². The molecule has 417 valence electrons. The molecule has 1 aliphatic carbocycles. The van der Waals surface area contributed by atoms with E-state index in [-0.39, 0.29) is 19.5 Å². The van der Waals surface area contributed by atoms with Gasteiger partial charge in [0.25, 0.3) is 0 Å². The Hall–Kier alpha value is -5.16. The van der Waals surface area contributed by atoms with Crippen molar-refractivity contribution in [1.82, 2.24) is 0 Å². The number of hydrogen-bond donors (Lipinski definition) is 1. The van der Waals surface area contributed by atoms with Crippen LogP contribution in [0.3, 0.4) is 0 Å². The van der Waals surface area contributed by atoms with Crippen molar-refractivity contribution in [1.29, 1.82) is 0 Å². The number of carbonyl (C=O) groups is 1. The number of carboxylic acids is 1. The van der Waals surface area contributed by atoms with Crippen LogP contribution in [0, 0.1) is 29.6 Å². The van der Waals surface area contributed by atoms with Gasteiger partial charge in [0.2, 0.25) is 0 Å². The number of benzene rings is 4. The summed E-state index contributed by atoms with van der Waals surface area (Å²) in [5.41, 5.74) is -30.2. The molecule has 5 rings (SSSR count). The van der Waals surface area contributed by atoms with E-state index in [0.29, 0.717) is 0 Å². The average Bonchev–Trinajstić information content (AvgIpc) is 3.41. The van der Waals surface area contributed by atoms with Gasteiger partial charge in [0.05, 0.1) is 44.5 Å². The van der Waals surface area contributed by atoms with Gasteiger partial charge in [-0.05, 0) is 60.8 Å². The molecule has 0 aliphatic heterocycles. The number of allylic oxidation sites excluding steroid dienone is 3. The summed E-state index contributed by atoms with van der Waals surface area (Å²) in [5, 5.41) is 8.02. The topological polar surface area (TPSA) is 37.3 Å². The Morgan fingerprint density at radius 3 is 0.618 bits per heavy atom. The van der Waals surface area contributed by atoms with Crippen molar-refractivity contribution in [3.05, 3.63) is 171 Å². The summed E-state index contributed by atoms with van der Waals surface area (Å²) in [4.78, 5) is 9.75. The zero-order valence-corrected chi connectivity index (χ0v) is 40.8. The summed E-state index contributed by atoms with van der Waals surface area (Å²) >= 11 is 0. The molecule has 1 N–H and O–H groups in total. The largest absolute Gasteiger partial charge is 2.00 e. The zero-order valence-electron chi connectivity index (χ0n) is 39.1. The van der Waals surface area contributed by atoms with Crippen molar-refractivity contribution in [3.8, 4) is 0 Å². The molecule has 4 aromatic rings. The minimum Gasteiger partial charge on any atom is -0.478 e. The van der Waals surface area contributed by atoms with Crippen molar-refractivity contribution in [2.24, 2.45) is 0 Å². The van der Waals surface area contributed by atoms with Gasteiger partial charge in [-0.2, -0.15) is 127 Å². The van der Waals surface area contributed by atoms with Crippen LogP contribution in [-0.4, -0.2) is 17.2 Å². The van der Waals surface area contributed by atoms with Crippen LogP contribution in [0.4, 0.5) is 105 Å². The Balaban J connectivity index is 0.000000876. The molecule has 0 amide bonds. The van der Waals surface area contributed by atoms with Gasteiger partial charge >= 0.3 is 74.9 Å². The van der Waals surface area contributed by atoms with Crippen LogP contribution in [0.2, 0.25) is 0 Å². The maximum absolute atomic E-state index is 14.2. The van der Waals surface area contributed by atoms with Crippen LogP contribution in [-0.2, 0) is 73.7 Å². The summed E-state index contributed by atoms with van der Waals surface area (Å²) in [7, 11) is 0. The number of halogens is 24. The molecule has 5 radical (unpaired) electrons.